The van der Waals surface area contributed by atoms with Crippen molar-refractivity contribution in [3.63, 3.8) is 0 Å². The van der Waals surface area contributed by atoms with Gasteiger partial charge in [-0.1, -0.05) is 32.0 Å². The number of hydrogen-bond acceptors (Lipinski definition) is 5. The molecule has 0 radical (unpaired) electrons. The minimum absolute atomic E-state index is 0.113. The third-order valence-corrected chi connectivity index (χ3v) is 7.99. The van der Waals surface area contributed by atoms with Crippen LogP contribution in [0.5, 0.6) is 0 Å². The zero-order valence-corrected chi connectivity index (χ0v) is 21.1. The molecule has 1 aliphatic rings. The largest absolute Gasteiger partial charge is 0.324 e. The zero-order chi connectivity index (χ0) is 23.7. The van der Waals surface area contributed by atoms with Crippen molar-refractivity contribution in [1.82, 2.24) is 14.5 Å². The fourth-order valence-electron chi connectivity index (χ4n) is 4.75. The Hall–Kier alpha value is -2.51. The first-order chi connectivity index (χ1) is 15.8. The van der Waals surface area contributed by atoms with E-state index in [1.54, 1.807) is 15.9 Å². The summed E-state index contributed by atoms with van der Waals surface area (Å²) in [7, 11) is 0. The van der Waals surface area contributed by atoms with E-state index in [0.717, 1.165) is 70.9 Å². The number of para-hydroxylation sites is 1. The van der Waals surface area contributed by atoms with Crippen molar-refractivity contribution in [2.45, 2.75) is 72.9 Å². The molecule has 2 aromatic heterocycles. The van der Waals surface area contributed by atoms with Gasteiger partial charge in [-0.15, -0.1) is 11.3 Å². The van der Waals surface area contributed by atoms with Crippen LogP contribution in [-0.2, 0) is 24.2 Å². The summed E-state index contributed by atoms with van der Waals surface area (Å²) in [4.78, 5) is 36.4. The normalized spacial score (nSPS) is 15.3. The second-order valence-electron chi connectivity index (χ2n) is 8.97. The summed E-state index contributed by atoms with van der Waals surface area (Å²) in [6, 6.07) is 5.47. The van der Waals surface area contributed by atoms with Crippen molar-refractivity contribution < 1.29 is 4.79 Å². The summed E-state index contributed by atoms with van der Waals surface area (Å²) in [5.74, 6) is 0.499. The lowest BCUT2D eigenvalue weighted by Gasteiger charge is -2.23. The SMILES string of the molecule is CCc1cccc(CC)c1NC(=O)C(C)n1c(CN2CCCC2)nc2sc(C)c(C)c2c1=O. The Morgan fingerprint density at radius 2 is 1.79 bits per heavy atom. The van der Waals surface area contributed by atoms with E-state index in [9.17, 15) is 9.59 Å². The third kappa shape index (κ3) is 4.49. The highest BCUT2D eigenvalue weighted by Gasteiger charge is 2.26. The average molecular weight is 467 g/mol. The Morgan fingerprint density at radius 1 is 1.15 bits per heavy atom. The summed E-state index contributed by atoms with van der Waals surface area (Å²) in [6.45, 7) is 12.6. The zero-order valence-electron chi connectivity index (χ0n) is 20.3. The van der Waals surface area contributed by atoms with E-state index < -0.39 is 6.04 Å². The molecule has 1 N–H and O–H groups in total. The molecule has 3 aromatic rings. The maximum Gasteiger partial charge on any atom is 0.263 e. The lowest BCUT2D eigenvalue weighted by Crippen LogP contribution is -2.36. The molecule has 3 heterocycles. The van der Waals surface area contributed by atoms with Crippen LogP contribution in [0.4, 0.5) is 5.69 Å². The third-order valence-electron chi connectivity index (χ3n) is 6.89. The molecule has 0 saturated carbocycles. The molecule has 176 valence electrons. The molecule has 4 rings (SSSR count). The highest BCUT2D eigenvalue weighted by Crippen LogP contribution is 2.28. The highest BCUT2D eigenvalue weighted by molar-refractivity contribution is 7.18. The van der Waals surface area contributed by atoms with Gasteiger partial charge >= 0.3 is 0 Å². The van der Waals surface area contributed by atoms with Gasteiger partial charge in [-0.05, 0) is 76.2 Å². The van der Waals surface area contributed by atoms with E-state index in [1.807, 2.05) is 26.8 Å². The molecular formula is C26H34N4O2S. The quantitative estimate of drug-likeness (QED) is 0.532. The topological polar surface area (TPSA) is 67.2 Å². The summed E-state index contributed by atoms with van der Waals surface area (Å²) in [6.07, 6.45) is 3.98. The molecule has 1 amide bonds. The Labute approximate surface area is 199 Å². The smallest absolute Gasteiger partial charge is 0.263 e. The Balaban J connectivity index is 1.77. The molecule has 7 heteroatoms. The summed E-state index contributed by atoms with van der Waals surface area (Å²) in [5, 5.41) is 3.80. The molecule has 0 aliphatic carbocycles. The number of carbonyl (C=O) groups is 1. The van der Waals surface area contributed by atoms with Crippen LogP contribution >= 0.6 is 11.3 Å². The predicted octanol–water partition coefficient (Wildman–Crippen LogP) is 5.00. The lowest BCUT2D eigenvalue weighted by atomic mass is 10.0. The van der Waals surface area contributed by atoms with Crippen LogP contribution < -0.4 is 10.9 Å². The molecule has 1 aromatic carbocycles. The van der Waals surface area contributed by atoms with E-state index in [1.165, 1.54) is 0 Å². The number of amides is 1. The molecular weight excluding hydrogens is 432 g/mol. The molecule has 1 fully saturated rings. The van der Waals surface area contributed by atoms with Crippen LogP contribution in [0.2, 0.25) is 0 Å². The first kappa shape index (κ1) is 23.6. The Bertz CT molecular complexity index is 1220. The maximum atomic E-state index is 13.7. The molecule has 1 saturated heterocycles. The molecule has 1 atom stereocenters. The number of rotatable bonds is 7. The van der Waals surface area contributed by atoms with Crippen LogP contribution in [0.15, 0.2) is 23.0 Å². The second-order valence-corrected chi connectivity index (χ2v) is 10.2. The Morgan fingerprint density at radius 3 is 2.39 bits per heavy atom. The van der Waals surface area contributed by atoms with Crippen molar-refractivity contribution in [2.75, 3.05) is 18.4 Å². The summed E-state index contributed by atoms with van der Waals surface area (Å²) >= 11 is 1.56. The first-order valence-corrected chi connectivity index (χ1v) is 12.8. The number of nitrogens with one attached hydrogen (secondary N) is 1. The van der Waals surface area contributed by atoms with E-state index >= 15 is 0 Å². The number of benzene rings is 1. The summed E-state index contributed by atoms with van der Waals surface area (Å²) in [5.41, 5.74) is 3.95. The minimum Gasteiger partial charge on any atom is -0.324 e. The average Bonchev–Trinajstić information content (AvgIpc) is 3.41. The van der Waals surface area contributed by atoms with E-state index in [4.69, 9.17) is 4.98 Å². The maximum absolute atomic E-state index is 13.7. The van der Waals surface area contributed by atoms with Gasteiger partial charge in [0.2, 0.25) is 5.91 Å². The number of aryl methyl sites for hydroxylation is 4. The molecule has 0 bridgehead atoms. The van der Waals surface area contributed by atoms with Crippen molar-refractivity contribution >= 4 is 33.1 Å². The van der Waals surface area contributed by atoms with Gasteiger partial charge in [-0.25, -0.2) is 4.98 Å². The number of thiophene rings is 1. The fraction of sp³-hybridized carbons (Fsp3) is 0.500. The van der Waals surface area contributed by atoms with E-state index in [2.05, 4.69) is 36.2 Å². The van der Waals surface area contributed by atoms with Crippen molar-refractivity contribution in [3.05, 3.63) is 55.9 Å². The number of fused-ring (bicyclic) bond motifs is 1. The van der Waals surface area contributed by atoms with Crippen molar-refractivity contribution in [3.8, 4) is 0 Å². The molecule has 6 nitrogen and oxygen atoms in total. The van der Waals surface area contributed by atoms with Gasteiger partial charge in [0.15, 0.2) is 0 Å². The molecule has 1 unspecified atom stereocenters. The number of anilines is 1. The number of nitrogens with zero attached hydrogens (tertiary/aromatic N) is 3. The van der Waals surface area contributed by atoms with Crippen LogP contribution in [0.25, 0.3) is 10.2 Å². The van der Waals surface area contributed by atoms with Crippen LogP contribution in [0.3, 0.4) is 0 Å². The van der Waals surface area contributed by atoms with E-state index in [0.29, 0.717) is 17.8 Å². The molecule has 1 aliphatic heterocycles. The minimum atomic E-state index is -0.666. The van der Waals surface area contributed by atoms with Crippen molar-refractivity contribution in [1.29, 1.82) is 0 Å². The van der Waals surface area contributed by atoms with Crippen LogP contribution in [-0.4, -0.2) is 33.4 Å². The number of hydrogen-bond donors (Lipinski definition) is 1. The highest BCUT2D eigenvalue weighted by atomic mass is 32.1. The van der Waals surface area contributed by atoms with Crippen LogP contribution in [0.1, 0.15) is 67.0 Å². The fourth-order valence-corrected chi connectivity index (χ4v) is 5.79. The monoisotopic (exact) mass is 466 g/mol. The second kappa shape index (κ2) is 9.77. The van der Waals surface area contributed by atoms with E-state index in [-0.39, 0.29) is 11.5 Å². The number of aromatic nitrogens is 2. The van der Waals surface area contributed by atoms with Gasteiger partial charge in [-0.2, -0.15) is 0 Å². The summed E-state index contributed by atoms with van der Waals surface area (Å²) < 4.78 is 1.63. The van der Waals surface area contributed by atoms with Gasteiger partial charge in [0.1, 0.15) is 16.7 Å². The van der Waals surface area contributed by atoms with Gasteiger partial charge in [0.25, 0.3) is 5.56 Å². The predicted molar refractivity (Wildman–Crippen MR) is 136 cm³/mol. The number of likely N-dealkylation sites (tertiary alicyclic amines) is 1. The Kier molecular flexibility index (Phi) is 7.00. The van der Waals surface area contributed by atoms with Gasteiger partial charge in [0, 0.05) is 10.6 Å². The molecule has 0 spiro atoms. The first-order valence-electron chi connectivity index (χ1n) is 12.0. The van der Waals surface area contributed by atoms with Crippen LogP contribution in [0, 0.1) is 13.8 Å². The number of carbonyl (C=O) groups excluding carboxylic acids is 1. The van der Waals surface area contributed by atoms with Gasteiger partial charge in [0.05, 0.1) is 11.9 Å². The standard InChI is InChI=1S/C26H34N4O2S/c1-6-19-11-10-12-20(7-2)23(19)28-24(31)17(4)30-21(15-29-13-8-9-14-29)27-25-22(26(30)32)16(3)18(5)33-25/h10-12,17H,6-9,13-15H2,1-5H3,(H,28,31). The van der Waals surface area contributed by atoms with Gasteiger partial charge in [-0.3, -0.25) is 19.1 Å². The van der Waals surface area contributed by atoms with Crippen molar-refractivity contribution in [2.24, 2.45) is 0 Å². The molecule has 33 heavy (non-hydrogen) atoms. The lowest BCUT2D eigenvalue weighted by molar-refractivity contribution is -0.119. The van der Waals surface area contributed by atoms with Gasteiger partial charge < -0.3 is 5.32 Å².